The summed E-state index contributed by atoms with van der Waals surface area (Å²) in [6.07, 6.45) is 1.52. The minimum absolute atomic E-state index is 0.0606. The molecule has 0 saturated carbocycles. The molecule has 0 aliphatic heterocycles. The monoisotopic (exact) mass is 360 g/mol. The fourth-order valence-corrected chi connectivity index (χ4v) is 2.12. The number of benzene rings is 1. The van der Waals surface area contributed by atoms with Gasteiger partial charge < -0.3 is 20.5 Å². The Morgan fingerprint density at radius 1 is 1.23 bits per heavy atom. The van der Waals surface area contributed by atoms with Gasteiger partial charge in [-0.25, -0.2) is 14.3 Å². The minimum Gasteiger partial charge on any atom is -0.481 e. The Kier molecular flexibility index (Phi) is 6.72. The fraction of sp³-hybridized carbons (Fsp3) is 0.294. The molecule has 2 rings (SSSR count). The molecule has 26 heavy (non-hydrogen) atoms. The zero-order chi connectivity index (χ0) is 18.9. The average Bonchev–Trinajstić information content (AvgIpc) is 3.10. The van der Waals surface area contributed by atoms with E-state index < -0.39 is 18.0 Å². The highest BCUT2D eigenvalue weighted by atomic mass is 16.5. The van der Waals surface area contributed by atoms with Gasteiger partial charge >= 0.3 is 18.0 Å². The summed E-state index contributed by atoms with van der Waals surface area (Å²) in [6, 6.07) is 8.40. The topological polar surface area (TPSA) is 123 Å². The Hall–Kier alpha value is -3.36. The number of ether oxygens (including phenoxy) is 1. The van der Waals surface area contributed by atoms with Gasteiger partial charge in [-0.3, -0.25) is 4.79 Å². The molecule has 3 N–H and O–H groups in total. The molecular weight excluding hydrogens is 340 g/mol. The number of carbonyl (C=O) groups is 3. The summed E-state index contributed by atoms with van der Waals surface area (Å²) in [7, 11) is 0. The van der Waals surface area contributed by atoms with Crippen LogP contribution in [-0.4, -0.2) is 46.0 Å². The van der Waals surface area contributed by atoms with Gasteiger partial charge in [0.2, 0.25) is 0 Å². The number of carbonyl (C=O) groups excluding carboxylic acids is 2. The van der Waals surface area contributed by atoms with Crippen LogP contribution in [0.15, 0.2) is 36.5 Å². The lowest BCUT2D eigenvalue weighted by atomic mass is 10.2. The standard InChI is InChI=1S/C17H20N4O5/c1-2-26-16(24)14-7-9-21(20-14)13-5-3-4-12(10-13)11-19-17(25)18-8-6-15(22)23/h3-5,7,9-10H,2,6,8,11H2,1H3,(H,22,23)(H2,18,19,25). The Morgan fingerprint density at radius 2 is 2.04 bits per heavy atom. The van der Waals surface area contributed by atoms with Gasteiger partial charge in [-0.1, -0.05) is 12.1 Å². The first kappa shape index (κ1) is 19.0. The number of nitrogens with one attached hydrogen (secondary N) is 2. The van der Waals surface area contributed by atoms with Crippen molar-refractivity contribution in [1.82, 2.24) is 20.4 Å². The first-order valence-corrected chi connectivity index (χ1v) is 8.05. The van der Waals surface area contributed by atoms with Crippen LogP contribution in [0.4, 0.5) is 4.79 Å². The van der Waals surface area contributed by atoms with E-state index in [-0.39, 0.29) is 31.8 Å². The van der Waals surface area contributed by atoms with Gasteiger partial charge in [0.05, 0.1) is 18.7 Å². The van der Waals surface area contributed by atoms with Crippen molar-refractivity contribution >= 4 is 18.0 Å². The lowest BCUT2D eigenvalue weighted by molar-refractivity contribution is -0.136. The largest absolute Gasteiger partial charge is 0.481 e. The number of amides is 2. The van der Waals surface area contributed by atoms with E-state index in [1.54, 1.807) is 29.9 Å². The summed E-state index contributed by atoms with van der Waals surface area (Å²) >= 11 is 0. The number of hydrogen-bond acceptors (Lipinski definition) is 5. The van der Waals surface area contributed by atoms with Gasteiger partial charge in [-0.2, -0.15) is 5.10 Å². The minimum atomic E-state index is -0.973. The highest BCUT2D eigenvalue weighted by Gasteiger charge is 2.11. The molecule has 2 aromatic rings. The number of urea groups is 1. The molecular formula is C17H20N4O5. The number of rotatable bonds is 8. The van der Waals surface area contributed by atoms with E-state index >= 15 is 0 Å². The molecule has 9 nitrogen and oxygen atoms in total. The quantitative estimate of drug-likeness (QED) is 0.610. The third-order valence-electron chi connectivity index (χ3n) is 3.33. The lowest BCUT2D eigenvalue weighted by Gasteiger charge is -2.08. The van der Waals surface area contributed by atoms with Gasteiger partial charge in [0.1, 0.15) is 0 Å². The van der Waals surface area contributed by atoms with Gasteiger partial charge in [0, 0.05) is 19.3 Å². The van der Waals surface area contributed by atoms with Crippen LogP contribution in [0.5, 0.6) is 0 Å². The highest BCUT2D eigenvalue weighted by molar-refractivity contribution is 5.87. The maximum atomic E-state index is 11.7. The molecule has 0 radical (unpaired) electrons. The van der Waals surface area contributed by atoms with Crippen molar-refractivity contribution < 1.29 is 24.2 Å². The average molecular weight is 360 g/mol. The number of hydrogen-bond donors (Lipinski definition) is 3. The van der Waals surface area contributed by atoms with Crippen molar-refractivity contribution in [1.29, 1.82) is 0 Å². The number of aliphatic carboxylic acids is 1. The highest BCUT2D eigenvalue weighted by Crippen LogP contribution is 2.11. The van der Waals surface area contributed by atoms with Crippen LogP contribution in [0.3, 0.4) is 0 Å². The zero-order valence-electron chi connectivity index (χ0n) is 14.3. The second-order valence-electron chi connectivity index (χ2n) is 5.29. The number of esters is 1. The maximum Gasteiger partial charge on any atom is 0.358 e. The molecule has 0 aliphatic carbocycles. The molecule has 2 amide bonds. The number of carboxylic acid groups (broad SMARTS) is 1. The maximum absolute atomic E-state index is 11.7. The van der Waals surface area contributed by atoms with Gasteiger partial charge in [-0.05, 0) is 30.7 Å². The van der Waals surface area contributed by atoms with Crippen molar-refractivity contribution in [2.75, 3.05) is 13.2 Å². The fourth-order valence-electron chi connectivity index (χ4n) is 2.12. The molecule has 0 saturated heterocycles. The van der Waals surface area contributed by atoms with Gasteiger partial charge in [0.25, 0.3) is 0 Å². The van der Waals surface area contributed by atoms with Crippen LogP contribution in [-0.2, 0) is 16.1 Å². The lowest BCUT2D eigenvalue weighted by Crippen LogP contribution is -2.36. The summed E-state index contributed by atoms with van der Waals surface area (Å²) in [5.74, 6) is -1.46. The van der Waals surface area contributed by atoms with Gasteiger partial charge in [-0.15, -0.1) is 0 Å². The second kappa shape index (κ2) is 9.21. The molecule has 0 unspecified atom stereocenters. The third-order valence-corrected chi connectivity index (χ3v) is 3.33. The Morgan fingerprint density at radius 3 is 2.77 bits per heavy atom. The molecule has 0 atom stereocenters. The number of carboxylic acids is 1. The Bertz CT molecular complexity index is 787. The van der Waals surface area contributed by atoms with Crippen LogP contribution < -0.4 is 10.6 Å². The predicted molar refractivity (Wildman–Crippen MR) is 92.0 cm³/mol. The Balaban J connectivity index is 1.94. The molecule has 0 fully saturated rings. The predicted octanol–water partition coefficient (Wildman–Crippen LogP) is 1.32. The molecule has 1 heterocycles. The van der Waals surface area contributed by atoms with E-state index in [1.165, 1.54) is 0 Å². The van der Waals surface area contributed by atoms with E-state index in [1.807, 2.05) is 18.2 Å². The first-order chi connectivity index (χ1) is 12.5. The van der Waals surface area contributed by atoms with Crippen LogP contribution in [0, 0.1) is 0 Å². The summed E-state index contributed by atoms with van der Waals surface area (Å²) in [6.45, 7) is 2.33. The van der Waals surface area contributed by atoms with Crippen LogP contribution in [0.25, 0.3) is 5.69 Å². The summed E-state index contributed by atoms with van der Waals surface area (Å²) < 4.78 is 6.45. The first-order valence-electron chi connectivity index (χ1n) is 8.05. The normalized spacial score (nSPS) is 10.2. The molecule has 0 spiro atoms. The summed E-state index contributed by atoms with van der Waals surface area (Å²) in [5, 5.41) is 17.8. The molecule has 1 aromatic carbocycles. The number of aromatic nitrogens is 2. The molecule has 0 aliphatic rings. The van der Waals surface area contributed by atoms with E-state index in [2.05, 4.69) is 15.7 Å². The summed E-state index contributed by atoms with van der Waals surface area (Å²) in [5.41, 5.74) is 1.77. The van der Waals surface area contributed by atoms with Gasteiger partial charge in [0.15, 0.2) is 5.69 Å². The third kappa shape index (κ3) is 5.62. The molecule has 9 heteroatoms. The van der Waals surface area contributed by atoms with Crippen molar-refractivity contribution in [2.45, 2.75) is 19.9 Å². The smallest absolute Gasteiger partial charge is 0.358 e. The van der Waals surface area contributed by atoms with E-state index in [4.69, 9.17) is 9.84 Å². The Labute approximate surface area is 150 Å². The molecule has 0 bridgehead atoms. The van der Waals surface area contributed by atoms with Crippen LogP contribution in [0.1, 0.15) is 29.4 Å². The molecule has 138 valence electrons. The molecule has 1 aromatic heterocycles. The van der Waals surface area contributed by atoms with Crippen molar-refractivity contribution in [3.63, 3.8) is 0 Å². The van der Waals surface area contributed by atoms with Crippen molar-refractivity contribution in [3.05, 3.63) is 47.8 Å². The second-order valence-corrected chi connectivity index (χ2v) is 5.29. The SMILES string of the molecule is CCOC(=O)c1ccn(-c2cccc(CNC(=O)NCCC(=O)O)c2)n1. The number of nitrogens with zero attached hydrogens (tertiary/aromatic N) is 2. The van der Waals surface area contributed by atoms with Crippen molar-refractivity contribution in [3.8, 4) is 5.69 Å². The van der Waals surface area contributed by atoms with Crippen molar-refractivity contribution in [2.24, 2.45) is 0 Å². The zero-order valence-corrected chi connectivity index (χ0v) is 14.3. The van der Waals surface area contributed by atoms with Crippen LogP contribution >= 0.6 is 0 Å². The summed E-state index contributed by atoms with van der Waals surface area (Å²) in [4.78, 5) is 33.7. The van der Waals surface area contributed by atoms with E-state index in [0.717, 1.165) is 11.3 Å². The van der Waals surface area contributed by atoms with E-state index in [9.17, 15) is 14.4 Å². The van der Waals surface area contributed by atoms with E-state index in [0.29, 0.717) is 0 Å². The van der Waals surface area contributed by atoms with Crippen LogP contribution in [0.2, 0.25) is 0 Å².